The second-order valence-corrected chi connectivity index (χ2v) is 11.1. The summed E-state index contributed by atoms with van der Waals surface area (Å²) < 4.78 is 55.9. The standard InChI is InChI=1S/C29H28F4N4/c1-28(2,3)16-11-18(34-22(13-16)20-7-9-24(30)36-26(20)32)15-19-12-17(29(4,5)6)14-23(35-19)21-8-10-25(31)37-27(21)33/h7-14H,15H2,1-6H3. The Bertz CT molecular complexity index is 1360. The Hall–Kier alpha value is -3.68. The second-order valence-electron chi connectivity index (χ2n) is 11.1. The molecular weight excluding hydrogens is 480 g/mol. The van der Waals surface area contributed by atoms with E-state index in [-0.39, 0.29) is 28.4 Å². The Morgan fingerprint density at radius 1 is 0.541 bits per heavy atom. The summed E-state index contributed by atoms with van der Waals surface area (Å²) >= 11 is 0. The zero-order valence-corrected chi connectivity index (χ0v) is 21.6. The molecule has 37 heavy (non-hydrogen) atoms. The molecule has 0 atom stereocenters. The molecule has 0 unspecified atom stereocenters. The van der Waals surface area contributed by atoms with Crippen LogP contribution in [-0.2, 0) is 17.3 Å². The quantitative estimate of drug-likeness (QED) is 0.214. The third-order valence-corrected chi connectivity index (χ3v) is 6.03. The largest absolute Gasteiger partial charge is 0.252 e. The molecule has 0 N–H and O–H groups in total. The molecule has 4 nitrogen and oxygen atoms in total. The molecule has 4 aromatic heterocycles. The maximum absolute atomic E-state index is 14.5. The lowest BCUT2D eigenvalue weighted by Gasteiger charge is -2.22. The number of nitrogens with zero attached hydrogens (tertiary/aromatic N) is 4. The van der Waals surface area contributed by atoms with E-state index in [0.717, 1.165) is 23.3 Å². The molecule has 0 fully saturated rings. The number of aromatic nitrogens is 4. The summed E-state index contributed by atoms with van der Waals surface area (Å²) in [6.07, 6.45) is 0.264. The van der Waals surface area contributed by atoms with Gasteiger partial charge in [0.2, 0.25) is 23.8 Å². The van der Waals surface area contributed by atoms with Gasteiger partial charge in [-0.05, 0) is 70.5 Å². The van der Waals surface area contributed by atoms with Crippen molar-refractivity contribution in [1.82, 2.24) is 19.9 Å². The highest BCUT2D eigenvalue weighted by Crippen LogP contribution is 2.31. The molecule has 0 aromatic carbocycles. The van der Waals surface area contributed by atoms with Crippen LogP contribution in [0.15, 0.2) is 48.5 Å². The lowest BCUT2D eigenvalue weighted by molar-refractivity contribution is 0.514. The van der Waals surface area contributed by atoms with Crippen LogP contribution in [-0.4, -0.2) is 19.9 Å². The fraction of sp³-hybridized carbons (Fsp3) is 0.310. The van der Waals surface area contributed by atoms with Gasteiger partial charge in [0.15, 0.2) is 0 Å². The van der Waals surface area contributed by atoms with Crippen LogP contribution in [0.5, 0.6) is 0 Å². The molecule has 0 aliphatic rings. The first-order chi connectivity index (χ1) is 17.2. The van der Waals surface area contributed by atoms with Crippen molar-refractivity contribution < 1.29 is 17.6 Å². The summed E-state index contributed by atoms with van der Waals surface area (Å²) in [5, 5.41) is 0. The van der Waals surface area contributed by atoms with Crippen molar-refractivity contribution in [3.05, 3.63) is 94.8 Å². The van der Waals surface area contributed by atoms with Crippen LogP contribution in [0, 0.1) is 23.8 Å². The lowest BCUT2D eigenvalue weighted by Crippen LogP contribution is -2.14. The third kappa shape index (κ3) is 6.01. The molecule has 0 saturated carbocycles. The first kappa shape index (κ1) is 26.4. The van der Waals surface area contributed by atoms with Gasteiger partial charge < -0.3 is 0 Å². The minimum atomic E-state index is -0.945. The van der Waals surface area contributed by atoms with Gasteiger partial charge in [-0.15, -0.1) is 0 Å². The van der Waals surface area contributed by atoms with Crippen molar-refractivity contribution >= 4 is 0 Å². The van der Waals surface area contributed by atoms with Crippen LogP contribution in [0.1, 0.15) is 64.1 Å². The molecule has 8 heteroatoms. The van der Waals surface area contributed by atoms with Crippen LogP contribution < -0.4 is 0 Å². The Kier molecular flexibility index (Phi) is 6.88. The highest BCUT2D eigenvalue weighted by atomic mass is 19.1. The van der Waals surface area contributed by atoms with E-state index in [9.17, 15) is 17.6 Å². The molecule has 0 aliphatic heterocycles. The SMILES string of the molecule is CC(C)(C)c1cc(Cc2cc(C(C)(C)C)cc(-c3ccc(F)nc3F)n2)nc(-c2ccc(F)nc2F)c1. The van der Waals surface area contributed by atoms with E-state index in [4.69, 9.17) is 0 Å². The fourth-order valence-electron chi connectivity index (χ4n) is 3.89. The Labute approximate surface area is 213 Å². The van der Waals surface area contributed by atoms with Gasteiger partial charge in [-0.25, -0.2) is 0 Å². The molecule has 4 rings (SSSR count). The average Bonchev–Trinajstić information content (AvgIpc) is 2.77. The van der Waals surface area contributed by atoms with Gasteiger partial charge in [0.25, 0.3) is 0 Å². The predicted molar refractivity (Wildman–Crippen MR) is 135 cm³/mol. The Morgan fingerprint density at radius 2 is 0.919 bits per heavy atom. The van der Waals surface area contributed by atoms with E-state index in [1.807, 2.05) is 53.7 Å². The van der Waals surface area contributed by atoms with Gasteiger partial charge in [0.1, 0.15) is 0 Å². The number of hydrogen-bond acceptors (Lipinski definition) is 4. The van der Waals surface area contributed by atoms with Crippen LogP contribution >= 0.6 is 0 Å². The average molecular weight is 509 g/mol. The molecule has 0 amide bonds. The zero-order chi connectivity index (χ0) is 27.1. The van der Waals surface area contributed by atoms with Crippen LogP contribution in [0.4, 0.5) is 17.6 Å². The number of halogens is 4. The molecule has 4 heterocycles. The first-order valence-electron chi connectivity index (χ1n) is 11.9. The van der Waals surface area contributed by atoms with Gasteiger partial charge in [-0.1, -0.05) is 41.5 Å². The predicted octanol–water partition coefficient (Wildman–Crippen LogP) is 7.34. The van der Waals surface area contributed by atoms with E-state index in [1.54, 1.807) is 12.1 Å². The van der Waals surface area contributed by atoms with Gasteiger partial charge in [-0.3, -0.25) is 9.97 Å². The van der Waals surface area contributed by atoms with Crippen molar-refractivity contribution in [2.45, 2.75) is 58.8 Å². The van der Waals surface area contributed by atoms with Gasteiger partial charge in [0, 0.05) is 17.8 Å². The molecule has 0 spiro atoms. The summed E-state index contributed by atoms with van der Waals surface area (Å²) in [5.41, 5.74) is 3.27. The number of pyridine rings is 4. The molecule has 0 bridgehead atoms. The maximum Gasteiger partial charge on any atom is 0.224 e. The second kappa shape index (κ2) is 9.65. The topological polar surface area (TPSA) is 51.6 Å². The minimum absolute atomic E-state index is 0.0882. The highest BCUT2D eigenvalue weighted by Gasteiger charge is 2.22. The van der Waals surface area contributed by atoms with Crippen LogP contribution in [0.3, 0.4) is 0 Å². The summed E-state index contributed by atoms with van der Waals surface area (Å²) in [6, 6.07) is 12.2. The number of hydrogen-bond donors (Lipinski definition) is 0. The summed E-state index contributed by atoms with van der Waals surface area (Å²) in [7, 11) is 0. The van der Waals surface area contributed by atoms with Gasteiger partial charge in [0.05, 0.1) is 22.5 Å². The van der Waals surface area contributed by atoms with E-state index in [1.165, 1.54) is 12.1 Å². The third-order valence-electron chi connectivity index (χ3n) is 6.03. The fourth-order valence-corrected chi connectivity index (χ4v) is 3.89. The summed E-state index contributed by atoms with van der Waals surface area (Å²) in [6.45, 7) is 12.1. The molecule has 0 radical (unpaired) electrons. The van der Waals surface area contributed by atoms with Gasteiger partial charge >= 0.3 is 0 Å². The zero-order valence-electron chi connectivity index (χ0n) is 21.6. The molecule has 4 aromatic rings. The smallest absolute Gasteiger partial charge is 0.224 e. The van der Waals surface area contributed by atoms with Crippen molar-refractivity contribution in [2.24, 2.45) is 0 Å². The van der Waals surface area contributed by atoms with Crippen molar-refractivity contribution in [3.8, 4) is 22.5 Å². The Balaban J connectivity index is 1.85. The Morgan fingerprint density at radius 3 is 1.24 bits per heavy atom. The van der Waals surface area contributed by atoms with E-state index < -0.39 is 23.8 Å². The summed E-state index contributed by atoms with van der Waals surface area (Å²) in [5.74, 6) is -3.71. The van der Waals surface area contributed by atoms with Crippen molar-refractivity contribution in [1.29, 1.82) is 0 Å². The molecular formula is C29H28F4N4. The van der Waals surface area contributed by atoms with Gasteiger partial charge in [-0.2, -0.15) is 27.5 Å². The van der Waals surface area contributed by atoms with Crippen molar-refractivity contribution in [3.63, 3.8) is 0 Å². The molecule has 0 aliphatic carbocycles. The lowest BCUT2D eigenvalue weighted by atomic mass is 9.85. The number of rotatable bonds is 4. The normalized spacial score (nSPS) is 12.2. The minimum Gasteiger partial charge on any atom is -0.252 e. The van der Waals surface area contributed by atoms with Crippen molar-refractivity contribution in [2.75, 3.05) is 0 Å². The highest BCUT2D eigenvalue weighted by molar-refractivity contribution is 5.62. The van der Waals surface area contributed by atoms with E-state index in [0.29, 0.717) is 22.8 Å². The van der Waals surface area contributed by atoms with Crippen LogP contribution in [0.25, 0.3) is 22.5 Å². The monoisotopic (exact) mass is 508 g/mol. The van der Waals surface area contributed by atoms with E-state index in [2.05, 4.69) is 19.9 Å². The van der Waals surface area contributed by atoms with Crippen LogP contribution in [0.2, 0.25) is 0 Å². The maximum atomic E-state index is 14.5. The first-order valence-corrected chi connectivity index (χ1v) is 11.9. The molecule has 192 valence electrons. The molecule has 0 saturated heterocycles. The summed E-state index contributed by atoms with van der Waals surface area (Å²) in [4.78, 5) is 15.9. The van der Waals surface area contributed by atoms with E-state index >= 15 is 0 Å².